The van der Waals surface area contributed by atoms with Crippen molar-refractivity contribution in [1.29, 1.82) is 0 Å². The summed E-state index contributed by atoms with van der Waals surface area (Å²) in [7, 11) is 0. The minimum atomic E-state index is 0.221. The Bertz CT molecular complexity index is 492. The number of aliphatic hydroxyl groups excluding tert-OH is 1. The summed E-state index contributed by atoms with van der Waals surface area (Å²) < 4.78 is 2.10. The fraction of sp³-hybridized carbons (Fsp3) is 0.462. The van der Waals surface area contributed by atoms with Gasteiger partial charge >= 0.3 is 0 Å². The van der Waals surface area contributed by atoms with Gasteiger partial charge in [-0.1, -0.05) is 13.0 Å². The van der Waals surface area contributed by atoms with E-state index in [9.17, 15) is 0 Å². The molecule has 0 aliphatic heterocycles. The average molecular weight is 233 g/mol. The Hall–Kier alpha value is -1.39. The van der Waals surface area contributed by atoms with Crippen molar-refractivity contribution >= 4 is 5.65 Å². The van der Waals surface area contributed by atoms with E-state index in [1.807, 2.05) is 38.2 Å². The number of rotatable bonds is 5. The topological polar surface area (TPSA) is 49.6 Å². The van der Waals surface area contributed by atoms with Crippen molar-refractivity contribution in [1.82, 2.24) is 14.7 Å². The fourth-order valence-electron chi connectivity index (χ4n) is 1.88. The van der Waals surface area contributed by atoms with Crippen LogP contribution in [0.2, 0.25) is 0 Å². The third kappa shape index (κ3) is 2.65. The number of nitrogens with one attached hydrogen (secondary N) is 1. The molecule has 17 heavy (non-hydrogen) atoms. The maximum absolute atomic E-state index is 8.96. The van der Waals surface area contributed by atoms with Gasteiger partial charge in [-0.25, -0.2) is 4.98 Å². The molecule has 2 aromatic rings. The van der Waals surface area contributed by atoms with Crippen molar-refractivity contribution in [3.05, 3.63) is 35.8 Å². The van der Waals surface area contributed by atoms with Gasteiger partial charge in [-0.2, -0.15) is 0 Å². The van der Waals surface area contributed by atoms with Crippen LogP contribution in [0, 0.1) is 12.8 Å². The van der Waals surface area contributed by atoms with Gasteiger partial charge in [0.2, 0.25) is 0 Å². The molecule has 2 heterocycles. The van der Waals surface area contributed by atoms with Gasteiger partial charge in [-0.15, -0.1) is 0 Å². The first-order valence-corrected chi connectivity index (χ1v) is 5.96. The van der Waals surface area contributed by atoms with Gasteiger partial charge in [0.05, 0.1) is 11.4 Å². The van der Waals surface area contributed by atoms with Gasteiger partial charge < -0.3 is 14.8 Å². The zero-order chi connectivity index (χ0) is 12.3. The summed E-state index contributed by atoms with van der Waals surface area (Å²) in [6, 6.07) is 6.01. The first kappa shape index (κ1) is 12.1. The van der Waals surface area contributed by atoms with Crippen molar-refractivity contribution in [2.75, 3.05) is 13.2 Å². The molecule has 0 amide bonds. The highest BCUT2D eigenvalue weighted by Crippen LogP contribution is 2.11. The summed E-state index contributed by atoms with van der Waals surface area (Å²) in [4.78, 5) is 4.50. The standard InChI is InChI=1S/C13H19N3O/c1-10(9-17)7-14-8-12-11(2)15-13-5-3-4-6-16(12)13/h3-6,10,14,17H,7-9H2,1-2H3. The Kier molecular flexibility index (Phi) is 3.76. The molecule has 4 nitrogen and oxygen atoms in total. The Balaban J connectivity index is 2.10. The molecule has 0 saturated heterocycles. The van der Waals surface area contributed by atoms with Crippen molar-refractivity contribution in [3.8, 4) is 0 Å². The molecule has 0 spiro atoms. The molecule has 0 radical (unpaired) electrons. The van der Waals surface area contributed by atoms with Crippen LogP contribution in [0.4, 0.5) is 0 Å². The van der Waals surface area contributed by atoms with E-state index in [4.69, 9.17) is 5.11 Å². The van der Waals surface area contributed by atoms with Gasteiger partial charge in [0.25, 0.3) is 0 Å². The van der Waals surface area contributed by atoms with E-state index in [-0.39, 0.29) is 12.5 Å². The van der Waals surface area contributed by atoms with Gasteiger partial charge in [0.15, 0.2) is 0 Å². The quantitative estimate of drug-likeness (QED) is 0.820. The largest absolute Gasteiger partial charge is 0.396 e. The number of nitrogens with zero attached hydrogens (tertiary/aromatic N) is 2. The Morgan fingerprint density at radius 2 is 2.29 bits per heavy atom. The number of aliphatic hydroxyl groups is 1. The second kappa shape index (κ2) is 5.29. The van der Waals surface area contributed by atoms with Crippen LogP contribution in [0.3, 0.4) is 0 Å². The van der Waals surface area contributed by atoms with Crippen molar-refractivity contribution in [2.24, 2.45) is 5.92 Å². The lowest BCUT2D eigenvalue weighted by Crippen LogP contribution is -2.23. The molecule has 0 aromatic carbocycles. The molecule has 0 fully saturated rings. The number of pyridine rings is 1. The normalized spacial score (nSPS) is 13.1. The van der Waals surface area contributed by atoms with Crippen LogP contribution in [0.1, 0.15) is 18.3 Å². The molecule has 1 atom stereocenters. The SMILES string of the molecule is Cc1nc2ccccn2c1CNCC(C)CO. The molecule has 92 valence electrons. The maximum atomic E-state index is 8.96. The summed E-state index contributed by atoms with van der Waals surface area (Å²) in [6.45, 7) is 5.87. The zero-order valence-electron chi connectivity index (χ0n) is 10.3. The molecular formula is C13H19N3O. The van der Waals surface area contributed by atoms with E-state index >= 15 is 0 Å². The minimum absolute atomic E-state index is 0.221. The molecule has 0 aliphatic rings. The summed E-state index contributed by atoms with van der Waals surface area (Å²) in [5.41, 5.74) is 3.23. The minimum Gasteiger partial charge on any atom is -0.396 e. The molecule has 1 unspecified atom stereocenters. The smallest absolute Gasteiger partial charge is 0.137 e. The van der Waals surface area contributed by atoms with Crippen LogP contribution in [0.5, 0.6) is 0 Å². The molecule has 0 saturated carbocycles. The van der Waals surface area contributed by atoms with Gasteiger partial charge in [-0.3, -0.25) is 0 Å². The molecular weight excluding hydrogens is 214 g/mol. The molecule has 0 aliphatic carbocycles. The monoisotopic (exact) mass is 233 g/mol. The predicted octanol–water partition coefficient (Wildman–Crippen LogP) is 1.36. The van der Waals surface area contributed by atoms with Crippen LogP contribution < -0.4 is 5.32 Å². The van der Waals surface area contributed by atoms with Crippen LogP contribution in [-0.4, -0.2) is 27.6 Å². The number of aryl methyl sites for hydroxylation is 1. The summed E-state index contributed by atoms with van der Waals surface area (Å²) in [6.07, 6.45) is 2.03. The van der Waals surface area contributed by atoms with E-state index in [0.29, 0.717) is 0 Å². The number of hydrogen-bond donors (Lipinski definition) is 2. The highest BCUT2D eigenvalue weighted by atomic mass is 16.3. The molecule has 0 bridgehead atoms. The van der Waals surface area contributed by atoms with Crippen LogP contribution in [-0.2, 0) is 6.54 Å². The first-order valence-electron chi connectivity index (χ1n) is 5.96. The van der Waals surface area contributed by atoms with Crippen molar-refractivity contribution in [2.45, 2.75) is 20.4 Å². The van der Waals surface area contributed by atoms with Gasteiger partial charge in [0.1, 0.15) is 5.65 Å². The molecule has 2 rings (SSSR count). The number of imidazole rings is 1. The highest BCUT2D eigenvalue weighted by Gasteiger charge is 2.07. The highest BCUT2D eigenvalue weighted by molar-refractivity contribution is 5.42. The van der Waals surface area contributed by atoms with E-state index in [1.165, 1.54) is 5.69 Å². The predicted molar refractivity (Wildman–Crippen MR) is 67.9 cm³/mol. The summed E-state index contributed by atoms with van der Waals surface area (Å²) >= 11 is 0. The lowest BCUT2D eigenvalue weighted by molar-refractivity contribution is 0.233. The third-order valence-electron chi connectivity index (χ3n) is 2.93. The zero-order valence-corrected chi connectivity index (χ0v) is 10.3. The Morgan fingerprint density at radius 3 is 3.06 bits per heavy atom. The first-order chi connectivity index (χ1) is 8.22. The molecule has 2 aromatic heterocycles. The number of fused-ring (bicyclic) bond motifs is 1. The molecule has 4 heteroatoms. The van der Waals surface area contributed by atoms with Gasteiger partial charge in [-0.05, 0) is 25.0 Å². The lowest BCUT2D eigenvalue weighted by atomic mass is 10.2. The third-order valence-corrected chi connectivity index (χ3v) is 2.93. The molecule has 2 N–H and O–H groups in total. The van der Waals surface area contributed by atoms with Crippen LogP contribution in [0.15, 0.2) is 24.4 Å². The van der Waals surface area contributed by atoms with E-state index in [0.717, 1.165) is 24.4 Å². The summed E-state index contributed by atoms with van der Waals surface area (Å²) in [5.74, 6) is 0.287. The maximum Gasteiger partial charge on any atom is 0.137 e. The summed E-state index contributed by atoms with van der Waals surface area (Å²) in [5, 5.41) is 12.3. The van der Waals surface area contributed by atoms with E-state index < -0.39 is 0 Å². The van der Waals surface area contributed by atoms with E-state index in [1.54, 1.807) is 0 Å². The van der Waals surface area contributed by atoms with Crippen molar-refractivity contribution < 1.29 is 5.11 Å². The fourth-order valence-corrected chi connectivity index (χ4v) is 1.88. The second-order valence-corrected chi connectivity index (χ2v) is 4.49. The number of hydrogen-bond acceptors (Lipinski definition) is 3. The van der Waals surface area contributed by atoms with Gasteiger partial charge in [0, 0.05) is 25.9 Å². The lowest BCUT2D eigenvalue weighted by Gasteiger charge is -2.09. The average Bonchev–Trinajstić information content (AvgIpc) is 2.66. The van der Waals surface area contributed by atoms with Crippen LogP contribution in [0.25, 0.3) is 5.65 Å². The second-order valence-electron chi connectivity index (χ2n) is 4.49. The Morgan fingerprint density at radius 1 is 1.47 bits per heavy atom. The van der Waals surface area contributed by atoms with E-state index in [2.05, 4.69) is 14.7 Å². The van der Waals surface area contributed by atoms with Crippen molar-refractivity contribution in [3.63, 3.8) is 0 Å². The number of aromatic nitrogens is 2. The Labute approximate surface area is 101 Å². The van der Waals surface area contributed by atoms with Crippen LogP contribution >= 0.6 is 0 Å².